The molecule has 0 bridgehead atoms. The van der Waals surface area contributed by atoms with Crippen LogP contribution in [0.5, 0.6) is 5.75 Å². The van der Waals surface area contributed by atoms with E-state index in [1.807, 2.05) is 48.6 Å². The van der Waals surface area contributed by atoms with E-state index in [0.29, 0.717) is 24.0 Å². The predicted molar refractivity (Wildman–Crippen MR) is 114 cm³/mol. The Balaban J connectivity index is 1.83. The highest BCUT2D eigenvalue weighted by Gasteiger charge is 2.27. The molecule has 0 spiro atoms. The summed E-state index contributed by atoms with van der Waals surface area (Å²) in [7, 11) is 0. The van der Waals surface area contributed by atoms with Crippen molar-refractivity contribution in [1.29, 1.82) is 0 Å². The van der Waals surface area contributed by atoms with Crippen molar-refractivity contribution in [1.82, 2.24) is 4.90 Å². The Morgan fingerprint density at radius 3 is 2.50 bits per heavy atom. The summed E-state index contributed by atoms with van der Waals surface area (Å²) in [4.78, 5) is 14.6. The highest BCUT2D eigenvalue weighted by atomic mass is 16.5. The van der Waals surface area contributed by atoms with Gasteiger partial charge < -0.3 is 10.5 Å². The largest absolute Gasteiger partial charge is 0.488 e. The van der Waals surface area contributed by atoms with Gasteiger partial charge in [-0.3, -0.25) is 9.69 Å². The number of primary amides is 1. The third-order valence-corrected chi connectivity index (χ3v) is 5.28. The normalized spacial score (nSPS) is 15.7. The van der Waals surface area contributed by atoms with E-state index in [-0.39, 0.29) is 0 Å². The minimum atomic E-state index is -0.424. The zero-order chi connectivity index (χ0) is 19.9. The molecule has 4 nitrogen and oxygen atoms in total. The molecule has 1 unspecified atom stereocenters. The first-order chi connectivity index (χ1) is 13.6. The number of carbonyl (C=O) groups is 1. The highest BCUT2D eigenvalue weighted by molar-refractivity contribution is 5.97. The van der Waals surface area contributed by atoms with Gasteiger partial charge in [-0.1, -0.05) is 48.6 Å². The van der Waals surface area contributed by atoms with Crippen LogP contribution in [0, 0.1) is 0 Å². The molecular formula is C24H28N2O2. The molecular weight excluding hydrogens is 348 g/mol. The van der Waals surface area contributed by atoms with Crippen LogP contribution in [0.25, 0.3) is 0 Å². The van der Waals surface area contributed by atoms with Gasteiger partial charge in [-0.25, -0.2) is 0 Å². The molecule has 3 rings (SSSR count). The van der Waals surface area contributed by atoms with E-state index in [2.05, 4.69) is 24.1 Å². The molecule has 0 heterocycles. The van der Waals surface area contributed by atoms with E-state index in [4.69, 9.17) is 10.5 Å². The van der Waals surface area contributed by atoms with Crippen LogP contribution in [-0.4, -0.2) is 29.9 Å². The number of carbonyl (C=O) groups excluding carboxylic acids is 1. The summed E-state index contributed by atoms with van der Waals surface area (Å²) in [5.41, 5.74) is 9.54. The summed E-state index contributed by atoms with van der Waals surface area (Å²) in [6, 6.07) is 14.3. The molecule has 2 N–H and O–H groups in total. The number of amides is 1. The van der Waals surface area contributed by atoms with Crippen molar-refractivity contribution in [2.24, 2.45) is 5.73 Å². The minimum absolute atomic E-state index is 0.403. The van der Waals surface area contributed by atoms with Crippen LogP contribution in [0.3, 0.4) is 0 Å². The third kappa shape index (κ3) is 4.52. The average Bonchev–Trinajstić information content (AvgIpc) is 2.71. The molecule has 1 aliphatic rings. The number of nitrogens with zero attached hydrogens (tertiary/aromatic N) is 1. The van der Waals surface area contributed by atoms with Gasteiger partial charge in [-0.15, -0.1) is 13.2 Å². The van der Waals surface area contributed by atoms with Gasteiger partial charge in [0.25, 0.3) is 5.91 Å². The molecule has 2 aromatic rings. The van der Waals surface area contributed by atoms with Gasteiger partial charge in [0.1, 0.15) is 12.4 Å². The number of hydrogen-bond donors (Lipinski definition) is 1. The smallest absolute Gasteiger partial charge is 0.252 e. The standard InChI is InChI=1S/C24H28N2O2/c1-3-14-26(15-4-2)20-11-12-21-19(16-20)10-13-22(23(21)24(25)27)28-17-18-8-6-5-7-9-18/h3-10,13,20H,1-2,11-12,14-17H2,(H2,25,27). The lowest BCUT2D eigenvalue weighted by atomic mass is 9.84. The van der Waals surface area contributed by atoms with Crippen molar-refractivity contribution in [3.63, 3.8) is 0 Å². The highest BCUT2D eigenvalue weighted by Crippen LogP contribution is 2.33. The molecule has 0 aliphatic heterocycles. The number of benzene rings is 2. The number of ether oxygens (including phenoxy) is 1. The van der Waals surface area contributed by atoms with Gasteiger partial charge in [-0.2, -0.15) is 0 Å². The lowest BCUT2D eigenvalue weighted by Gasteiger charge is -2.34. The van der Waals surface area contributed by atoms with Crippen LogP contribution >= 0.6 is 0 Å². The molecule has 4 heteroatoms. The van der Waals surface area contributed by atoms with E-state index < -0.39 is 5.91 Å². The first-order valence-electron chi connectivity index (χ1n) is 9.71. The molecule has 0 fully saturated rings. The molecule has 28 heavy (non-hydrogen) atoms. The molecule has 0 radical (unpaired) electrons. The topological polar surface area (TPSA) is 55.6 Å². The van der Waals surface area contributed by atoms with Crippen LogP contribution in [-0.2, 0) is 19.4 Å². The van der Waals surface area contributed by atoms with Crippen LogP contribution in [0.1, 0.15) is 33.5 Å². The molecule has 0 saturated carbocycles. The van der Waals surface area contributed by atoms with E-state index >= 15 is 0 Å². The quantitative estimate of drug-likeness (QED) is 0.676. The second-order valence-electron chi connectivity index (χ2n) is 7.14. The van der Waals surface area contributed by atoms with Crippen molar-refractivity contribution in [3.8, 4) is 5.75 Å². The number of nitrogens with two attached hydrogens (primary N) is 1. The zero-order valence-corrected chi connectivity index (χ0v) is 16.3. The van der Waals surface area contributed by atoms with Crippen LogP contribution < -0.4 is 10.5 Å². The summed E-state index contributed by atoms with van der Waals surface area (Å²) >= 11 is 0. The lowest BCUT2D eigenvalue weighted by Crippen LogP contribution is -2.40. The fourth-order valence-corrected chi connectivity index (χ4v) is 3.95. The van der Waals surface area contributed by atoms with E-state index in [9.17, 15) is 4.79 Å². The van der Waals surface area contributed by atoms with Crippen molar-refractivity contribution in [3.05, 3.63) is 90.0 Å². The second kappa shape index (κ2) is 9.38. The predicted octanol–water partition coefficient (Wildman–Crippen LogP) is 3.90. The maximum absolute atomic E-state index is 12.2. The SMILES string of the molecule is C=CCN(CC=C)C1CCc2c(ccc(OCc3ccccc3)c2C(N)=O)C1. The van der Waals surface area contributed by atoms with Crippen molar-refractivity contribution >= 4 is 5.91 Å². The fourth-order valence-electron chi connectivity index (χ4n) is 3.95. The van der Waals surface area contributed by atoms with Gasteiger partial charge in [0, 0.05) is 19.1 Å². The van der Waals surface area contributed by atoms with Crippen LogP contribution in [0.2, 0.25) is 0 Å². The van der Waals surface area contributed by atoms with Gasteiger partial charge in [0.15, 0.2) is 0 Å². The van der Waals surface area contributed by atoms with E-state index in [1.54, 1.807) is 0 Å². The Bertz CT molecular complexity index is 835. The van der Waals surface area contributed by atoms with Crippen molar-refractivity contribution < 1.29 is 9.53 Å². The fraction of sp³-hybridized carbons (Fsp3) is 0.292. The third-order valence-electron chi connectivity index (χ3n) is 5.28. The second-order valence-corrected chi connectivity index (χ2v) is 7.14. The van der Waals surface area contributed by atoms with Crippen molar-refractivity contribution in [2.75, 3.05) is 13.1 Å². The first-order valence-corrected chi connectivity index (χ1v) is 9.71. The molecule has 2 aromatic carbocycles. The Labute approximate surface area is 167 Å². The molecule has 1 amide bonds. The summed E-state index contributed by atoms with van der Waals surface area (Å²) < 4.78 is 5.96. The van der Waals surface area contributed by atoms with Gasteiger partial charge in [-0.05, 0) is 42.0 Å². The van der Waals surface area contributed by atoms with Gasteiger partial charge in [0.05, 0.1) is 5.56 Å². The molecule has 146 valence electrons. The van der Waals surface area contributed by atoms with Crippen LogP contribution in [0.4, 0.5) is 0 Å². The average molecular weight is 377 g/mol. The molecule has 1 atom stereocenters. The van der Waals surface area contributed by atoms with E-state index in [0.717, 1.165) is 43.5 Å². The Morgan fingerprint density at radius 1 is 1.14 bits per heavy atom. The van der Waals surface area contributed by atoms with E-state index in [1.165, 1.54) is 5.56 Å². The first kappa shape index (κ1) is 19.9. The van der Waals surface area contributed by atoms with Crippen LogP contribution in [0.15, 0.2) is 67.8 Å². The van der Waals surface area contributed by atoms with Crippen molar-refractivity contribution in [2.45, 2.75) is 31.9 Å². The minimum Gasteiger partial charge on any atom is -0.488 e. The summed E-state index contributed by atoms with van der Waals surface area (Å²) in [5.74, 6) is 0.148. The monoisotopic (exact) mass is 376 g/mol. The lowest BCUT2D eigenvalue weighted by molar-refractivity contribution is 0.0994. The maximum atomic E-state index is 12.2. The zero-order valence-electron chi connectivity index (χ0n) is 16.3. The molecule has 1 aliphatic carbocycles. The maximum Gasteiger partial charge on any atom is 0.252 e. The summed E-state index contributed by atoms with van der Waals surface area (Å²) in [5, 5.41) is 0. The Kier molecular flexibility index (Phi) is 6.66. The van der Waals surface area contributed by atoms with Gasteiger partial charge >= 0.3 is 0 Å². The Hall–Kier alpha value is -2.85. The summed E-state index contributed by atoms with van der Waals surface area (Å²) in [6.07, 6.45) is 6.52. The number of fused-ring (bicyclic) bond motifs is 1. The van der Waals surface area contributed by atoms with Gasteiger partial charge in [0.2, 0.25) is 0 Å². The number of rotatable bonds is 9. The summed E-state index contributed by atoms with van der Waals surface area (Å²) in [6.45, 7) is 9.79. The molecule has 0 saturated heterocycles. The Morgan fingerprint density at radius 2 is 1.86 bits per heavy atom. The number of hydrogen-bond acceptors (Lipinski definition) is 3. The molecule has 0 aromatic heterocycles.